The Labute approximate surface area is 106 Å². The molecule has 16 heavy (non-hydrogen) atoms. The van der Waals surface area contributed by atoms with Gasteiger partial charge in [-0.25, -0.2) is 0 Å². The number of hydrogen-bond acceptors (Lipinski definition) is 2. The van der Waals surface area contributed by atoms with E-state index in [2.05, 4.69) is 17.0 Å². The lowest BCUT2D eigenvalue weighted by atomic mass is 10.1. The van der Waals surface area contributed by atoms with E-state index in [-0.39, 0.29) is 0 Å². The Balaban J connectivity index is 2.31. The van der Waals surface area contributed by atoms with Crippen LogP contribution in [-0.2, 0) is 6.42 Å². The van der Waals surface area contributed by atoms with Crippen molar-refractivity contribution in [1.29, 1.82) is 0 Å². The number of nitrogens with zero attached hydrogens (tertiary/aromatic N) is 1. The number of halogens is 2. The quantitative estimate of drug-likeness (QED) is 0.772. The molecule has 0 aromatic heterocycles. The first-order valence-corrected chi connectivity index (χ1v) is 6.42. The molecule has 1 aromatic carbocycles. The Morgan fingerprint density at radius 2 is 2.25 bits per heavy atom. The van der Waals surface area contributed by atoms with Crippen LogP contribution in [0, 0.1) is 0 Å². The Hall–Kier alpha value is -0.600. The number of hydrogen-bond donors (Lipinski definition) is 0. The van der Waals surface area contributed by atoms with Gasteiger partial charge in [-0.15, -0.1) is 23.2 Å². The zero-order valence-electron chi connectivity index (χ0n) is 9.25. The van der Waals surface area contributed by atoms with E-state index < -0.39 is 0 Å². The smallest absolute Gasteiger partial charge is 0.120 e. The van der Waals surface area contributed by atoms with Gasteiger partial charge in [0, 0.05) is 36.1 Å². The molecule has 0 amide bonds. The van der Waals surface area contributed by atoms with E-state index in [0.717, 1.165) is 18.7 Å². The van der Waals surface area contributed by atoms with Gasteiger partial charge >= 0.3 is 0 Å². The lowest BCUT2D eigenvalue weighted by Gasteiger charge is -2.25. The second-order valence-corrected chi connectivity index (χ2v) is 4.58. The van der Waals surface area contributed by atoms with Gasteiger partial charge in [-0.1, -0.05) is 6.07 Å². The fourth-order valence-electron chi connectivity index (χ4n) is 2.20. The molecule has 2 rings (SSSR count). The second-order valence-electron chi connectivity index (χ2n) is 3.89. The average molecular weight is 260 g/mol. The molecule has 1 aliphatic rings. The first kappa shape index (κ1) is 11.9. The summed E-state index contributed by atoms with van der Waals surface area (Å²) in [6.07, 6.45) is 1.000. The van der Waals surface area contributed by atoms with E-state index in [4.69, 9.17) is 27.9 Å². The van der Waals surface area contributed by atoms with E-state index >= 15 is 0 Å². The van der Waals surface area contributed by atoms with Gasteiger partial charge in [-0.2, -0.15) is 0 Å². The highest BCUT2D eigenvalue weighted by Crippen LogP contribution is 2.35. The van der Waals surface area contributed by atoms with Crippen LogP contribution in [0.15, 0.2) is 18.2 Å². The summed E-state index contributed by atoms with van der Waals surface area (Å²) in [4.78, 5) is 2.28. The first-order chi connectivity index (χ1) is 7.80. The van der Waals surface area contributed by atoms with Crippen molar-refractivity contribution in [1.82, 2.24) is 0 Å². The maximum Gasteiger partial charge on any atom is 0.120 e. The summed E-state index contributed by atoms with van der Waals surface area (Å²) in [7, 11) is 1.68. The predicted octanol–water partition coefficient (Wildman–Crippen LogP) is 2.90. The van der Waals surface area contributed by atoms with Crippen LogP contribution in [0.4, 0.5) is 5.69 Å². The summed E-state index contributed by atoms with van der Waals surface area (Å²) in [6, 6.07) is 6.53. The van der Waals surface area contributed by atoms with Crippen molar-refractivity contribution in [3.63, 3.8) is 0 Å². The molecule has 2 nitrogen and oxygen atoms in total. The highest BCUT2D eigenvalue weighted by Gasteiger charge is 2.28. The van der Waals surface area contributed by atoms with Gasteiger partial charge in [0.15, 0.2) is 0 Å². The van der Waals surface area contributed by atoms with Gasteiger partial charge < -0.3 is 9.64 Å². The van der Waals surface area contributed by atoms with Crippen molar-refractivity contribution in [3.8, 4) is 5.75 Å². The summed E-state index contributed by atoms with van der Waals surface area (Å²) in [5.41, 5.74) is 2.54. The number of ether oxygens (including phenoxy) is 1. The minimum atomic E-state index is 0.363. The molecule has 4 heteroatoms. The minimum absolute atomic E-state index is 0.363. The number of benzene rings is 1. The Morgan fingerprint density at radius 3 is 2.88 bits per heavy atom. The molecule has 0 bridgehead atoms. The molecule has 0 fully saturated rings. The third-order valence-corrected chi connectivity index (χ3v) is 3.53. The molecule has 0 aliphatic carbocycles. The molecule has 1 atom stereocenters. The zero-order valence-corrected chi connectivity index (χ0v) is 10.8. The Morgan fingerprint density at radius 1 is 1.44 bits per heavy atom. The van der Waals surface area contributed by atoms with Crippen LogP contribution in [-0.4, -0.2) is 31.5 Å². The van der Waals surface area contributed by atoms with Crippen LogP contribution in [0.25, 0.3) is 0 Å². The van der Waals surface area contributed by atoms with Crippen molar-refractivity contribution in [3.05, 3.63) is 23.8 Å². The Kier molecular flexibility index (Phi) is 3.82. The number of fused-ring (bicyclic) bond motifs is 1. The highest BCUT2D eigenvalue weighted by molar-refractivity contribution is 6.19. The molecule has 0 N–H and O–H groups in total. The summed E-state index contributed by atoms with van der Waals surface area (Å²) in [5, 5.41) is 0. The topological polar surface area (TPSA) is 12.5 Å². The maximum absolute atomic E-state index is 5.99. The fourth-order valence-corrected chi connectivity index (χ4v) is 2.66. The SMILES string of the molecule is COc1ccc2c(c1)N(CCCl)C(CCl)C2. The second kappa shape index (κ2) is 5.15. The minimum Gasteiger partial charge on any atom is -0.497 e. The molecule has 1 aliphatic heterocycles. The molecule has 0 saturated carbocycles. The van der Waals surface area contributed by atoms with E-state index in [1.54, 1.807) is 7.11 Å². The number of alkyl halides is 2. The van der Waals surface area contributed by atoms with E-state index in [1.807, 2.05) is 6.07 Å². The first-order valence-electron chi connectivity index (χ1n) is 5.35. The highest BCUT2D eigenvalue weighted by atomic mass is 35.5. The van der Waals surface area contributed by atoms with Gasteiger partial charge in [-0.05, 0) is 18.1 Å². The van der Waals surface area contributed by atoms with Crippen LogP contribution in [0.1, 0.15) is 5.56 Å². The summed E-state index contributed by atoms with van der Waals surface area (Å²) in [6.45, 7) is 0.832. The number of anilines is 1. The van der Waals surface area contributed by atoms with Crippen LogP contribution in [0.3, 0.4) is 0 Å². The standard InChI is InChI=1S/C12H15Cl2NO/c1-16-11-3-2-9-6-10(8-14)15(5-4-13)12(9)7-11/h2-3,7,10H,4-6,8H2,1H3. The normalized spacial score (nSPS) is 18.7. The lowest BCUT2D eigenvalue weighted by molar-refractivity contribution is 0.415. The van der Waals surface area contributed by atoms with Crippen molar-refractivity contribution >= 4 is 28.9 Å². The van der Waals surface area contributed by atoms with Crippen LogP contribution in [0.5, 0.6) is 5.75 Å². The molecule has 0 radical (unpaired) electrons. The molecular weight excluding hydrogens is 245 g/mol. The zero-order chi connectivity index (χ0) is 11.5. The van der Waals surface area contributed by atoms with Crippen molar-refractivity contribution < 1.29 is 4.74 Å². The third-order valence-electron chi connectivity index (χ3n) is 3.00. The van der Waals surface area contributed by atoms with Crippen LogP contribution in [0.2, 0.25) is 0 Å². The third kappa shape index (κ3) is 2.09. The van der Waals surface area contributed by atoms with Gasteiger partial charge in [0.1, 0.15) is 5.75 Å². The summed E-state index contributed by atoms with van der Waals surface area (Å²) in [5.74, 6) is 2.13. The molecule has 0 spiro atoms. The lowest BCUT2D eigenvalue weighted by Crippen LogP contribution is -2.34. The van der Waals surface area contributed by atoms with Crippen molar-refractivity contribution in [2.75, 3.05) is 30.3 Å². The van der Waals surface area contributed by atoms with Gasteiger partial charge in [0.05, 0.1) is 7.11 Å². The largest absolute Gasteiger partial charge is 0.497 e. The van der Waals surface area contributed by atoms with E-state index in [0.29, 0.717) is 17.8 Å². The van der Waals surface area contributed by atoms with Gasteiger partial charge in [-0.3, -0.25) is 0 Å². The molecule has 1 unspecified atom stereocenters. The predicted molar refractivity (Wildman–Crippen MR) is 69.3 cm³/mol. The van der Waals surface area contributed by atoms with Crippen LogP contribution >= 0.6 is 23.2 Å². The maximum atomic E-state index is 5.99. The summed E-state index contributed by atoms with van der Waals surface area (Å²) < 4.78 is 5.24. The van der Waals surface area contributed by atoms with Crippen molar-refractivity contribution in [2.24, 2.45) is 0 Å². The Bertz CT molecular complexity index is 370. The molecule has 0 saturated heterocycles. The summed E-state index contributed by atoms with van der Waals surface area (Å²) >= 11 is 11.8. The van der Waals surface area contributed by atoms with Crippen molar-refractivity contribution in [2.45, 2.75) is 12.5 Å². The monoisotopic (exact) mass is 259 g/mol. The average Bonchev–Trinajstić information content (AvgIpc) is 2.67. The van der Waals surface area contributed by atoms with Gasteiger partial charge in [0.25, 0.3) is 0 Å². The van der Waals surface area contributed by atoms with E-state index in [9.17, 15) is 0 Å². The molecule has 1 heterocycles. The molecule has 1 aromatic rings. The van der Waals surface area contributed by atoms with Crippen LogP contribution < -0.4 is 9.64 Å². The molecule has 88 valence electrons. The fraction of sp³-hybridized carbons (Fsp3) is 0.500. The van der Waals surface area contributed by atoms with E-state index in [1.165, 1.54) is 11.3 Å². The number of methoxy groups -OCH3 is 1. The van der Waals surface area contributed by atoms with Gasteiger partial charge in [0.2, 0.25) is 0 Å². The number of rotatable bonds is 4. The molecular formula is C12H15Cl2NO.